The van der Waals surface area contributed by atoms with Crippen molar-refractivity contribution >= 4 is 56.0 Å². The molecule has 0 fully saturated rings. The normalized spacial score (nSPS) is 11.3. The summed E-state index contributed by atoms with van der Waals surface area (Å²) in [6.45, 7) is 3.91. The van der Waals surface area contributed by atoms with Gasteiger partial charge in [-0.25, -0.2) is 0 Å². The van der Waals surface area contributed by atoms with E-state index in [4.69, 9.17) is 11.6 Å². The third-order valence-corrected chi connectivity index (χ3v) is 4.54. The highest BCUT2D eigenvalue weighted by Gasteiger charge is 2.21. The molecular weight excluding hydrogens is 404 g/mol. The number of carbonyl (C=O) groups is 1. The van der Waals surface area contributed by atoms with E-state index in [0.29, 0.717) is 15.9 Å². The third kappa shape index (κ3) is 3.89. The van der Waals surface area contributed by atoms with Crippen LogP contribution in [0.1, 0.15) is 24.2 Å². The second-order valence-electron chi connectivity index (χ2n) is 4.10. The Hall–Kier alpha value is 0.190. The van der Waals surface area contributed by atoms with Crippen LogP contribution in [-0.2, 0) is 0 Å². The zero-order valence-electron chi connectivity index (χ0n) is 8.98. The Morgan fingerprint density at radius 3 is 2.75 bits per heavy atom. The number of rotatable bonds is 3. The largest absolute Gasteiger partial charge is 0.346 e. The fourth-order valence-corrected chi connectivity index (χ4v) is 1.97. The van der Waals surface area contributed by atoms with E-state index in [1.54, 1.807) is 12.1 Å². The lowest BCUT2D eigenvalue weighted by atomic mass is 10.1. The predicted molar refractivity (Wildman–Crippen MR) is 79.5 cm³/mol. The van der Waals surface area contributed by atoms with Gasteiger partial charge in [0.1, 0.15) is 0 Å². The summed E-state index contributed by atoms with van der Waals surface area (Å²) in [7, 11) is 0. The smallest absolute Gasteiger partial charge is 0.252 e. The molecule has 0 saturated heterocycles. The van der Waals surface area contributed by atoms with Crippen molar-refractivity contribution in [1.29, 1.82) is 0 Å². The first kappa shape index (κ1) is 14.3. The summed E-state index contributed by atoms with van der Waals surface area (Å²) in [6, 6.07) is 5.29. The molecule has 0 bridgehead atoms. The van der Waals surface area contributed by atoms with E-state index < -0.39 is 0 Å². The minimum absolute atomic E-state index is 0.101. The van der Waals surface area contributed by atoms with Crippen molar-refractivity contribution in [1.82, 2.24) is 5.32 Å². The van der Waals surface area contributed by atoms with Crippen molar-refractivity contribution in [2.24, 2.45) is 0 Å². The van der Waals surface area contributed by atoms with Crippen molar-refractivity contribution in [2.45, 2.75) is 19.4 Å². The lowest BCUT2D eigenvalue weighted by Crippen LogP contribution is -2.45. The molecule has 1 aromatic carbocycles. The minimum atomic E-state index is -0.275. The van der Waals surface area contributed by atoms with Crippen LogP contribution >= 0.6 is 50.1 Å². The Labute approximate surface area is 122 Å². The quantitative estimate of drug-likeness (QED) is 0.589. The number of nitrogens with one attached hydrogen (secondary N) is 1. The molecule has 0 atom stereocenters. The number of alkyl halides is 1. The number of amides is 1. The van der Waals surface area contributed by atoms with Crippen molar-refractivity contribution < 1.29 is 4.79 Å². The van der Waals surface area contributed by atoms with Gasteiger partial charge in [0.2, 0.25) is 0 Å². The zero-order valence-corrected chi connectivity index (χ0v) is 13.5. The Morgan fingerprint density at radius 2 is 2.19 bits per heavy atom. The van der Waals surface area contributed by atoms with Gasteiger partial charge in [-0.3, -0.25) is 4.79 Å². The molecule has 16 heavy (non-hydrogen) atoms. The highest BCUT2D eigenvalue weighted by Crippen LogP contribution is 2.19. The van der Waals surface area contributed by atoms with Crippen LogP contribution in [0.15, 0.2) is 18.2 Å². The van der Waals surface area contributed by atoms with E-state index in [2.05, 4.69) is 43.8 Å². The van der Waals surface area contributed by atoms with Gasteiger partial charge in [0.15, 0.2) is 0 Å². The monoisotopic (exact) mass is 415 g/mol. The molecule has 0 saturated carbocycles. The molecule has 1 amide bonds. The Kier molecular flexibility index (Phi) is 5.07. The van der Waals surface area contributed by atoms with Crippen LogP contribution in [0.2, 0.25) is 5.02 Å². The molecule has 0 spiro atoms. The maximum Gasteiger partial charge on any atom is 0.252 e. The highest BCUT2D eigenvalue weighted by atomic mass is 127. The SMILES string of the molecule is CC(C)(CBr)NC(=O)c1cc(Cl)ccc1I. The Balaban J connectivity index is 2.93. The first-order chi connectivity index (χ1) is 7.35. The van der Waals surface area contributed by atoms with Gasteiger partial charge in [0, 0.05) is 19.5 Å². The number of carbonyl (C=O) groups excluding carboxylic acids is 1. The second kappa shape index (κ2) is 5.69. The van der Waals surface area contributed by atoms with Gasteiger partial charge in [-0.15, -0.1) is 0 Å². The third-order valence-electron chi connectivity index (χ3n) is 1.96. The van der Waals surface area contributed by atoms with Crippen molar-refractivity contribution in [2.75, 3.05) is 5.33 Å². The summed E-state index contributed by atoms with van der Waals surface area (Å²) in [6.07, 6.45) is 0. The molecular formula is C11H12BrClINO. The lowest BCUT2D eigenvalue weighted by molar-refractivity contribution is 0.0920. The predicted octanol–water partition coefficient (Wildman–Crippen LogP) is 3.85. The van der Waals surface area contributed by atoms with E-state index in [-0.39, 0.29) is 11.4 Å². The summed E-state index contributed by atoms with van der Waals surface area (Å²) in [5.41, 5.74) is 0.338. The average molecular weight is 416 g/mol. The van der Waals surface area contributed by atoms with Crippen LogP contribution in [0.4, 0.5) is 0 Å². The summed E-state index contributed by atoms with van der Waals surface area (Å²) in [5.74, 6) is -0.101. The Bertz CT molecular complexity index is 409. The van der Waals surface area contributed by atoms with E-state index in [0.717, 1.165) is 3.57 Å². The van der Waals surface area contributed by atoms with Crippen molar-refractivity contribution in [3.05, 3.63) is 32.4 Å². The molecule has 0 aliphatic rings. The van der Waals surface area contributed by atoms with E-state index in [1.807, 2.05) is 19.9 Å². The van der Waals surface area contributed by atoms with Crippen LogP contribution in [0.25, 0.3) is 0 Å². The average Bonchev–Trinajstić information content (AvgIpc) is 2.21. The molecule has 0 heterocycles. The highest BCUT2D eigenvalue weighted by molar-refractivity contribution is 14.1. The molecule has 2 nitrogen and oxygen atoms in total. The van der Waals surface area contributed by atoms with Gasteiger partial charge in [-0.1, -0.05) is 27.5 Å². The molecule has 0 aliphatic carbocycles. The van der Waals surface area contributed by atoms with Gasteiger partial charge in [-0.05, 0) is 54.6 Å². The van der Waals surface area contributed by atoms with Gasteiger partial charge >= 0.3 is 0 Å². The summed E-state index contributed by atoms with van der Waals surface area (Å²) >= 11 is 11.4. The number of halogens is 3. The number of hydrogen-bond acceptors (Lipinski definition) is 1. The fourth-order valence-electron chi connectivity index (χ4n) is 1.08. The van der Waals surface area contributed by atoms with Crippen LogP contribution in [0.5, 0.6) is 0 Å². The fraction of sp³-hybridized carbons (Fsp3) is 0.364. The molecule has 0 aliphatic heterocycles. The van der Waals surface area contributed by atoms with Crippen molar-refractivity contribution in [3.63, 3.8) is 0 Å². The standard InChI is InChI=1S/C11H12BrClINO/c1-11(2,6-12)15-10(16)8-5-7(13)3-4-9(8)14/h3-5H,6H2,1-2H3,(H,15,16). The van der Waals surface area contributed by atoms with E-state index in [9.17, 15) is 4.79 Å². The second-order valence-corrected chi connectivity index (χ2v) is 6.26. The van der Waals surface area contributed by atoms with E-state index in [1.165, 1.54) is 0 Å². The minimum Gasteiger partial charge on any atom is -0.346 e. The molecule has 1 rings (SSSR count). The molecule has 0 unspecified atom stereocenters. The lowest BCUT2D eigenvalue weighted by Gasteiger charge is -2.23. The molecule has 5 heteroatoms. The maximum absolute atomic E-state index is 12.0. The molecule has 1 aromatic rings. The summed E-state index contributed by atoms with van der Waals surface area (Å²) < 4.78 is 0.893. The topological polar surface area (TPSA) is 29.1 Å². The molecule has 0 radical (unpaired) electrons. The van der Waals surface area contributed by atoms with Crippen LogP contribution in [-0.4, -0.2) is 16.8 Å². The number of hydrogen-bond donors (Lipinski definition) is 1. The van der Waals surface area contributed by atoms with Gasteiger partial charge in [-0.2, -0.15) is 0 Å². The van der Waals surface area contributed by atoms with Crippen LogP contribution in [0, 0.1) is 3.57 Å². The van der Waals surface area contributed by atoms with Gasteiger partial charge in [0.05, 0.1) is 5.56 Å². The number of benzene rings is 1. The maximum atomic E-state index is 12.0. The van der Waals surface area contributed by atoms with Gasteiger partial charge in [0.25, 0.3) is 5.91 Å². The molecule has 1 N–H and O–H groups in total. The van der Waals surface area contributed by atoms with Crippen LogP contribution < -0.4 is 5.32 Å². The first-order valence-electron chi connectivity index (χ1n) is 4.69. The summed E-state index contributed by atoms with van der Waals surface area (Å²) in [5, 5.41) is 4.21. The molecule has 88 valence electrons. The first-order valence-corrected chi connectivity index (χ1v) is 7.27. The Morgan fingerprint density at radius 1 is 1.56 bits per heavy atom. The van der Waals surface area contributed by atoms with Crippen molar-refractivity contribution in [3.8, 4) is 0 Å². The zero-order chi connectivity index (χ0) is 12.3. The van der Waals surface area contributed by atoms with E-state index >= 15 is 0 Å². The van der Waals surface area contributed by atoms with Gasteiger partial charge < -0.3 is 5.32 Å². The molecule has 0 aromatic heterocycles. The summed E-state index contributed by atoms with van der Waals surface area (Å²) in [4.78, 5) is 12.0. The van der Waals surface area contributed by atoms with Crippen LogP contribution in [0.3, 0.4) is 0 Å².